The number of carbonyl (C=O) groups is 1. The number of hydrogen-bond donors (Lipinski definition) is 1. The average molecular weight is 230 g/mol. The first kappa shape index (κ1) is 11.9. The van der Waals surface area contributed by atoms with Gasteiger partial charge in [-0.2, -0.15) is 0 Å². The van der Waals surface area contributed by atoms with Crippen molar-refractivity contribution in [1.82, 2.24) is 9.88 Å². The Bertz CT molecular complexity index is 394. The molecule has 1 rings (SSSR count). The first-order valence-corrected chi connectivity index (χ1v) is 5.27. The van der Waals surface area contributed by atoms with Crippen molar-refractivity contribution in [1.29, 1.82) is 0 Å². The molecule has 1 N–H and O–H groups in total. The smallest absolute Gasteiger partial charge is 0.311 e. The topological polar surface area (TPSA) is 62.4 Å². The molecule has 5 nitrogen and oxygen atoms in total. The molecule has 0 aliphatic heterocycles. The van der Waals surface area contributed by atoms with Crippen molar-refractivity contribution in [3.8, 4) is 0 Å². The van der Waals surface area contributed by atoms with Crippen LogP contribution in [0.15, 0.2) is 4.79 Å². The zero-order valence-electron chi connectivity index (χ0n) is 8.99. The van der Waals surface area contributed by atoms with Crippen molar-refractivity contribution in [2.45, 2.75) is 13.0 Å². The summed E-state index contributed by atoms with van der Waals surface area (Å²) in [5.41, 5.74) is 0.658. The van der Waals surface area contributed by atoms with Crippen molar-refractivity contribution in [3.63, 3.8) is 0 Å². The fraction of sp³-hybridized carbons (Fsp3) is 0.556. The number of carbonyl (C=O) groups excluding carboxylic acids is 1. The highest BCUT2D eigenvalue weighted by Gasteiger charge is 2.12. The van der Waals surface area contributed by atoms with Gasteiger partial charge >= 0.3 is 10.8 Å². The van der Waals surface area contributed by atoms with E-state index in [9.17, 15) is 9.59 Å². The number of nitrogens with one attached hydrogen (secondary N) is 1. The van der Waals surface area contributed by atoms with Crippen LogP contribution in [0.5, 0.6) is 0 Å². The monoisotopic (exact) mass is 230 g/mol. The molecule has 0 saturated heterocycles. The predicted molar refractivity (Wildman–Crippen MR) is 58.1 cm³/mol. The van der Waals surface area contributed by atoms with Gasteiger partial charge in [0.25, 0.3) is 0 Å². The van der Waals surface area contributed by atoms with Crippen LogP contribution in [0.4, 0.5) is 0 Å². The molecule has 1 heterocycles. The number of ether oxygens (including phenoxy) is 1. The van der Waals surface area contributed by atoms with Gasteiger partial charge in [0.2, 0.25) is 0 Å². The zero-order valence-corrected chi connectivity index (χ0v) is 9.81. The number of aromatic nitrogens is 1. The van der Waals surface area contributed by atoms with Crippen molar-refractivity contribution in [2.75, 3.05) is 21.2 Å². The van der Waals surface area contributed by atoms with Crippen LogP contribution in [-0.4, -0.2) is 37.1 Å². The molecule has 6 heteroatoms. The average Bonchev–Trinajstić information content (AvgIpc) is 2.45. The highest BCUT2D eigenvalue weighted by atomic mass is 32.1. The maximum atomic E-state index is 11.2. The molecule has 0 spiro atoms. The van der Waals surface area contributed by atoms with Crippen LogP contribution >= 0.6 is 11.3 Å². The van der Waals surface area contributed by atoms with E-state index in [4.69, 9.17) is 0 Å². The van der Waals surface area contributed by atoms with Crippen LogP contribution in [-0.2, 0) is 22.5 Å². The maximum Gasteiger partial charge on any atom is 0.311 e. The number of H-pyrrole nitrogens is 1. The van der Waals surface area contributed by atoms with Crippen molar-refractivity contribution >= 4 is 17.3 Å². The SMILES string of the molecule is COC(=O)Cc1[nH]c(=O)sc1CN(C)C. The third-order valence-corrected chi connectivity index (χ3v) is 2.72. The van der Waals surface area contributed by atoms with Gasteiger partial charge in [0.05, 0.1) is 13.5 Å². The number of aromatic amines is 1. The van der Waals surface area contributed by atoms with Gasteiger partial charge in [-0.05, 0) is 14.1 Å². The minimum Gasteiger partial charge on any atom is -0.469 e. The van der Waals surface area contributed by atoms with Gasteiger partial charge in [-0.3, -0.25) is 9.59 Å². The maximum absolute atomic E-state index is 11.2. The van der Waals surface area contributed by atoms with E-state index < -0.39 is 0 Å². The largest absolute Gasteiger partial charge is 0.469 e. The van der Waals surface area contributed by atoms with Crippen molar-refractivity contribution < 1.29 is 9.53 Å². The molecule has 0 bridgehead atoms. The predicted octanol–water partition coefficient (Wildman–Crippen LogP) is 0.214. The van der Waals surface area contributed by atoms with E-state index >= 15 is 0 Å². The Hall–Kier alpha value is -1.14. The molecule has 0 amide bonds. The lowest BCUT2D eigenvalue weighted by molar-refractivity contribution is -0.139. The normalized spacial score (nSPS) is 10.7. The summed E-state index contributed by atoms with van der Waals surface area (Å²) in [4.78, 5) is 27.6. The molecule has 0 aliphatic carbocycles. The Morgan fingerprint density at radius 3 is 2.73 bits per heavy atom. The van der Waals surface area contributed by atoms with E-state index in [1.165, 1.54) is 7.11 Å². The van der Waals surface area contributed by atoms with E-state index in [1.54, 1.807) is 0 Å². The van der Waals surface area contributed by atoms with Gasteiger partial charge in [0.1, 0.15) is 0 Å². The lowest BCUT2D eigenvalue weighted by atomic mass is 10.2. The third-order valence-electron chi connectivity index (χ3n) is 1.81. The van der Waals surface area contributed by atoms with Crippen LogP contribution in [0.3, 0.4) is 0 Å². The molecule has 0 saturated carbocycles. The molecule has 0 fully saturated rings. The van der Waals surface area contributed by atoms with Gasteiger partial charge in [0.15, 0.2) is 0 Å². The number of esters is 1. The standard InChI is InChI=1S/C9H14N2O3S/c1-11(2)5-7-6(4-8(12)14-3)10-9(13)15-7/h4-5H2,1-3H3,(H,10,13). The fourth-order valence-electron chi connectivity index (χ4n) is 1.17. The summed E-state index contributed by atoms with van der Waals surface area (Å²) in [6.45, 7) is 0.649. The number of nitrogens with zero attached hydrogens (tertiary/aromatic N) is 1. The van der Waals surface area contributed by atoms with Gasteiger partial charge < -0.3 is 14.6 Å². The zero-order chi connectivity index (χ0) is 11.4. The van der Waals surface area contributed by atoms with E-state index in [-0.39, 0.29) is 17.3 Å². The van der Waals surface area contributed by atoms with Gasteiger partial charge in [0, 0.05) is 17.1 Å². The fourth-order valence-corrected chi connectivity index (χ4v) is 2.13. The Balaban J connectivity index is 2.86. The summed E-state index contributed by atoms with van der Waals surface area (Å²) in [5.74, 6) is -0.343. The number of methoxy groups -OCH3 is 1. The molecule has 0 aliphatic rings. The van der Waals surface area contributed by atoms with Crippen LogP contribution in [0.1, 0.15) is 10.6 Å². The lowest BCUT2D eigenvalue weighted by Gasteiger charge is -2.08. The van der Waals surface area contributed by atoms with E-state index in [0.717, 1.165) is 16.2 Å². The molecule has 1 aromatic rings. The van der Waals surface area contributed by atoms with Gasteiger partial charge in [-0.15, -0.1) is 0 Å². The molecule has 15 heavy (non-hydrogen) atoms. The minimum absolute atomic E-state index is 0.123. The molecule has 0 aromatic carbocycles. The molecule has 84 valence electrons. The summed E-state index contributed by atoms with van der Waals surface area (Å²) in [6.07, 6.45) is 0.123. The number of thiazole rings is 1. The Labute approximate surface area is 91.7 Å². The van der Waals surface area contributed by atoms with Crippen LogP contribution < -0.4 is 4.87 Å². The summed E-state index contributed by atoms with van der Waals surface area (Å²) in [6, 6.07) is 0. The highest BCUT2D eigenvalue weighted by molar-refractivity contribution is 7.09. The molecule has 0 radical (unpaired) electrons. The quantitative estimate of drug-likeness (QED) is 0.751. The number of rotatable bonds is 4. The Kier molecular flexibility index (Phi) is 4.05. The van der Waals surface area contributed by atoms with Crippen molar-refractivity contribution in [2.24, 2.45) is 0 Å². The minimum atomic E-state index is -0.343. The van der Waals surface area contributed by atoms with E-state index in [0.29, 0.717) is 12.2 Å². The van der Waals surface area contributed by atoms with Crippen molar-refractivity contribution in [3.05, 3.63) is 20.2 Å². The summed E-state index contributed by atoms with van der Waals surface area (Å²) in [7, 11) is 5.15. The van der Waals surface area contributed by atoms with Gasteiger partial charge in [-0.1, -0.05) is 11.3 Å². The second-order valence-electron chi connectivity index (χ2n) is 3.41. The van der Waals surface area contributed by atoms with Crippen LogP contribution in [0.25, 0.3) is 0 Å². The Morgan fingerprint density at radius 2 is 2.20 bits per heavy atom. The molecule has 1 aromatic heterocycles. The Morgan fingerprint density at radius 1 is 1.53 bits per heavy atom. The second-order valence-corrected chi connectivity index (χ2v) is 4.47. The van der Waals surface area contributed by atoms with E-state index in [2.05, 4.69) is 9.72 Å². The second kappa shape index (κ2) is 5.09. The molecule has 0 unspecified atom stereocenters. The van der Waals surface area contributed by atoms with Crippen LogP contribution in [0, 0.1) is 0 Å². The number of hydrogen-bond acceptors (Lipinski definition) is 5. The highest BCUT2D eigenvalue weighted by Crippen LogP contribution is 2.12. The summed E-state index contributed by atoms with van der Waals surface area (Å²) in [5, 5.41) is 0. The van der Waals surface area contributed by atoms with E-state index in [1.807, 2.05) is 19.0 Å². The van der Waals surface area contributed by atoms with Crippen LogP contribution in [0.2, 0.25) is 0 Å². The molecular weight excluding hydrogens is 216 g/mol. The molecule has 0 atom stereocenters. The summed E-state index contributed by atoms with van der Waals surface area (Å²) >= 11 is 1.13. The van der Waals surface area contributed by atoms with Gasteiger partial charge in [-0.25, -0.2) is 0 Å². The first-order valence-electron chi connectivity index (χ1n) is 4.45. The molecular formula is C9H14N2O3S. The lowest BCUT2D eigenvalue weighted by Crippen LogP contribution is -2.13. The third kappa shape index (κ3) is 3.49. The first-order chi connectivity index (χ1) is 7.02. The summed E-state index contributed by atoms with van der Waals surface area (Å²) < 4.78 is 4.55.